The molecule has 0 radical (unpaired) electrons. The van der Waals surface area contributed by atoms with E-state index in [0.29, 0.717) is 6.42 Å². The largest absolute Gasteiger partial charge is 0.294 e. The van der Waals surface area contributed by atoms with E-state index in [-0.39, 0.29) is 4.90 Å². The van der Waals surface area contributed by atoms with E-state index in [0.717, 1.165) is 24.3 Å². The summed E-state index contributed by atoms with van der Waals surface area (Å²) >= 11 is 0. The molecule has 0 aliphatic carbocycles. The van der Waals surface area contributed by atoms with Crippen LogP contribution in [0.2, 0.25) is 0 Å². The van der Waals surface area contributed by atoms with Crippen LogP contribution in [0.4, 0.5) is 0 Å². The number of benzene rings is 1. The van der Waals surface area contributed by atoms with Crippen molar-refractivity contribution < 1.29 is 13.0 Å². The van der Waals surface area contributed by atoms with Gasteiger partial charge in [-0.25, -0.2) is 0 Å². The predicted octanol–water partition coefficient (Wildman–Crippen LogP) is 4.47. The highest BCUT2D eigenvalue weighted by Crippen LogP contribution is 2.22. The zero-order valence-corrected chi connectivity index (χ0v) is 13.3. The molecule has 4 heteroatoms. The Morgan fingerprint density at radius 2 is 1.75 bits per heavy atom. The second kappa shape index (κ2) is 8.42. The maximum atomic E-state index is 11.3. The topological polar surface area (TPSA) is 54.4 Å². The van der Waals surface area contributed by atoms with Crippen LogP contribution < -0.4 is 0 Å². The predicted molar refractivity (Wildman–Crippen MR) is 82.5 cm³/mol. The number of aryl methyl sites for hydroxylation is 1. The van der Waals surface area contributed by atoms with Crippen LogP contribution in [0, 0.1) is 5.92 Å². The fourth-order valence-corrected chi connectivity index (χ4v) is 3.34. The fraction of sp³-hybridized carbons (Fsp3) is 0.625. The Bertz CT molecular complexity index is 494. The molecule has 1 rings (SSSR count). The smallest absolute Gasteiger partial charge is 0.282 e. The van der Waals surface area contributed by atoms with Gasteiger partial charge in [-0.1, -0.05) is 64.2 Å². The van der Waals surface area contributed by atoms with Gasteiger partial charge in [0.25, 0.3) is 10.1 Å². The van der Waals surface area contributed by atoms with E-state index in [9.17, 15) is 13.0 Å². The van der Waals surface area contributed by atoms with Crippen LogP contribution in [-0.4, -0.2) is 13.0 Å². The maximum absolute atomic E-state index is 11.3. The van der Waals surface area contributed by atoms with Gasteiger partial charge in [0, 0.05) is 0 Å². The molecule has 1 aromatic rings. The average molecular weight is 298 g/mol. The van der Waals surface area contributed by atoms with Crippen molar-refractivity contribution in [3.8, 4) is 0 Å². The SMILES string of the molecule is CCCCC(CC)CCCc1ccccc1S(=O)(=O)O. The third-order valence-electron chi connectivity index (χ3n) is 3.85. The molecule has 3 nitrogen and oxygen atoms in total. The molecule has 0 saturated heterocycles. The molecule has 0 amide bonds. The highest BCUT2D eigenvalue weighted by molar-refractivity contribution is 7.85. The van der Waals surface area contributed by atoms with Crippen molar-refractivity contribution in [2.45, 2.75) is 63.7 Å². The summed E-state index contributed by atoms with van der Waals surface area (Å²) in [4.78, 5) is 0.0570. The van der Waals surface area contributed by atoms with Gasteiger partial charge in [-0.15, -0.1) is 0 Å². The zero-order valence-electron chi connectivity index (χ0n) is 12.5. The molecule has 0 aliphatic heterocycles. The summed E-state index contributed by atoms with van der Waals surface area (Å²) in [6, 6.07) is 6.72. The Hall–Kier alpha value is -0.870. The van der Waals surface area contributed by atoms with E-state index in [4.69, 9.17) is 0 Å². The third-order valence-corrected chi connectivity index (χ3v) is 4.81. The molecule has 0 bridgehead atoms. The molecule has 0 saturated carbocycles. The summed E-state index contributed by atoms with van der Waals surface area (Å²) in [5.41, 5.74) is 0.723. The molecule has 1 N–H and O–H groups in total. The molecule has 20 heavy (non-hydrogen) atoms. The number of rotatable bonds is 9. The van der Waals surface area contributed by atoms with Crippen molar-refractivity contribution in [1.29, 1.82) is 0 Å². The molecule has 1 atom stereocenters. The molecule has 0 fully saturated rings. The number of hydrogen-bond acceptors (Lipinski definition) is 2. The third kappa shape index (κ3) is 5.63. The van der Waals surface area contributed by atoms with Gasteiger partial charge in [0.2, 0.25) is 0 Å². The Labute approximate surface area is 123 Å². The van der Waals surface area contributed by atoms with E-state index in [1.54, 1.807) is 12.1 Å². The lowest BCUT2D eigenvalue weighted by Crippen LogP contribution is -2.04. The van der Waals surface area contributed by atoms with Crippen molar-refractivity contribution in [2.24, 2.45) is 5.92 Å². The van der Waals surface area contributed by atoms with Gasteiger partial charge in [-0.2, -0.15) is 8.42 Å². The standard InChI is InChI=1S/C16H26O3S/c1-3-5-9-14(4-2)10-8-12-15-11-6-7-13-16(15)20(17,18)19/h6-7,11,13-14H,3-5,8-10,12H2,1-2H3,(H,17,18,19). The first kappa shape index (κ1) is 17.2. The minimum atomic E-state index is -4.10. The number of hydrogen-bond donors (Lipinski definition) is 1. The Kier molecular flexibility index (Phi) is 7.24. The van der Waals surface area contributed by atoms with Gasteiger partial charge in [0.05, 0.1) is 4.90 Å². The lowest BCUT2D eigenvalue weighted by atomic mass is 9.92. The van der Waals surface area contributed by atoms with Crippen LogP contribution in [0.25, 0.3) is 0 Å². The first-order valence-corrected chi connectivity index (χ1v) is 8.98. The van der Waals surface area contributed by atoms with Crippen LogP contribution >= 0.6 is 0 Å². The first-order chi connectivity index (χ1) is 9.49. The summed E-state index contributed by atoms with van der Waals surface area (Å²) < 4.78 is 31.8. The zero-order chi connectivity index (χ0) is 15.0. The molecule has 0 aliphatic rings. The van der Waals surface area contributed by atoms with Gasteiger partial charge >= 0.3 is 0 Å². The van der Waals surface area contributed by atoms with Crippen molar-refractivity contribution in [3.05, 3.63) is 29.8 Å². The van der Waals surface area contributed by atoms with E-state index < -0.39 is 10.1 Å². The van der Waals surface area contributed by atoms with Gasteiger partial charge in [-0.3, -0.25) is 4.55 Å². The maximum Gasteiger partial charge on any atom is 0.294 e. The Balaban J connectivity index is 2.58. The summed E-state index contributed by atoms with van der Waals surface area (Å²) in [5, 5.41) is 0. The van der Waals surface area contributed by atoms with Crippen molar-refractivity contribution in [1.82, 2.24) is 0 Å². The molecule has 0 spiro atoms. The second-order valence-electron chi connectivity index (χ2n) is 5.39. The molecule has 0 heterocycles. The molecule has 0 aromatic heterocycles. The monoisotopic (exact) mass is 298 g/mol. The first-order valence-electron chi connectivity index (χ1n) is 7.54. The van der Waals surface area contributed by atoms with E-state index >= 15 is 0 Å². The normalized spacial score (nSPS) is 13.3. The highest BCUT2D eigenvalue weighted by Gasteiger charge is 2.14. The minimum absolute atomic E-state index is 0.0570. The quantitative estimate of drug-likeness (QED) is 0.684. The van der Waals surface area contributed by atoms with Gasteiger partial charge in [0.15, 0.2) is 0 Å². The van der Waals surface area contributed by atoms with Gasteiger partial charge in [-0.05, 0) is 30.4 Å². The van der Waals surface area contributed by atoms with Crippen LogP contribution in [0.3, 0.4) is 0 Å². The number of unbranched alkanes of at least 4 members (excludes halogenated alkanes) is 1. The summed E-state index contributed by atoms with van der Waals surface area (Å²) in [6.45, 7) is 4.42. The van der Waals surface area contributed by atoms with E-state index in [1.165, 1.54) is 31.7 Å². The second-order valence-corrected chi connectivity index (χ2v) is 6.78. The Morgan fingerprint density at radius 3 is 2.35 bits per heavy atom. The van der Waals surface area contributed by atoms with Crippen LogP contribution in [0.15, 0.2) is 29.2 Å². The molecular weight excluding hydrogens is 272 g/mol. The molecule has 1 aromatic carbocycles. The molecule has 114 valence electrons. The van der Waals surface area contributed by atoms with Gasteiger partial charge in [0.1, 0.15) is 0 Å². The van der Waals surface area contributed by atoms with Crippen molar-refractivity contribution in [3.63, 3.8) is 0 Å². The van der Waals surface area contributed by atoms with Crippen LogP contribution in [0.5, 0.6) is 0 Å². The fourth-order valence-electron chi connectivity index (χ4n) is 2.59. The average Bonchev–Trinajstić information content (AvgIpc) is 2.42. The lowest BCUT2D eigenvalue weighted by Gasteiger charge is -2.14. The summed E-state index contributed by atoms with van der Waals surface area (Å²) in [6.07, 6.45) is 7.72. The highest BCUT2D eigenvalue weighted by atomic mass is 32.2. The van der Waals surface area contributed by atoms with E-state index in [1.807, 2.05) is 6.07 Å². The van der Waals surface area contributed by atoms with Crippen molar-refractivity contribution in [2.75, 3.05) is 0 Å². The Morgan fingerprint density at radius 1 is 1.10 bits per heavy atom. The van der Waals surface area contributed by atoms with E-state index in [2.05, 4.69) is 13.8 Å². The van der Waals surface area contributed by atoms with Gasteiger partial charge < -0.3 is 0 Å². The van der Waals surface area contributed by atoms with Crippen LogP contribution in [-0.2, 0) is 16.5 Å². The summed E-state index contributed by atoms with van der Waals surface area (Å²) in [5.74, 6) is 0.729. The lowest BCUT2D eigenvalue weighted by molar-refractivity contribution is 0.409. The minimum Gasteiger partial charge on any atom is -0.282 e. The van der Waals surface area contributed by atoms with Crippen molar-refractivity contribution >= 4 is 10.1 Å². The molecular formula is C16H26O3S. The molecule has 1 unspecified atom stereocenters. The van der Waals surface area contributed by atoms with Crippen LogP contribution in [0.1, 0.15) is 57.9 Å². The summed E-state index contributed by atoms with van der Waals surface area (Å²) in [7, 11) is -4.10.